The van der Waals surface area contributed by atoms with Gasteiger partial charge in [-0.2, -0.15) is 14.9 Å². The third kappa shape index (κ3) is 4.05. The van der Waals surface area contributed by atoms with Gasteiger partial charge in [-0.3, -0.25) is 0 Å². The van der Waals surface area contributed by atoms with Crippen LogP contribution in [0.2, 0.25) is 0 Å². The maximum atomic E-state index is 5.54. The van der Waals surface area contributed by atoms with E-state index >= 15 is 0 Å². The SMILES string of the molecule is C#CCOc1ccccc1/C=N\n1c(-c2ccc(OC)c(OC)c2)n[nH]c1=S. The average Bonchev–Trinajstić information content (AvgIpc) is 3.11. The van der Waals surface area contributed by atoms with Crippen LogP contribution >= 0.6 is 12.2 Å². The summed E-state index contributed by atoms with van der Waals surface area (Å²) in [5, 5.41) is 11.5. The van der Waals surface area contributed by atoms with Crippen molar-refractivity contribution in [1.29, 1.82) is 0 Å². The molecule has 142 valence electrons. The van der Waals surface area contributed by atoms with Crippen molar-refractivity contribution in [1.82, 2.24) is 14.9 Å². The number of rotatable bonds is 7. The summed E-state index contributed by atoms with van der Waals surface area (Å²) in [6.45, 7) is 0.173. The number of benzene rings is 2. The molecule has 0 amide bonds. The fraction of sp³-hybridized carbons (Fsp3) is 0.150. The maximum Gasteiger partial charge on any atom is 0.216 e. The Hall–Kier alpha value is -3.57. The van der Waals surface area contributed by atoms with Crippen molar-refractivity contribution < 1.29 is 14.2 Å². The predicted octanol–water partition coefficient (Wildman–Crippen LogP) is 3.52. The molecule has 1 heterocycles. The van der Waals surface area contributed by atoms with Crippen molar-refractivity contribution in [3.8, 4) is 41.0 Å². The van der Waals surface area contributed by atoms with Crippen LogP contribution in [-0.2, 0) is 0 Å². The molecule has 0 saturated carbocycles. The molecule has 7 nitrogen and oxygen atoms in total. The molecule has 0 bridgehead atoms. The van der Waals surface area contributed by atoms with Gasteiger partial charge in [0.1, 0.15) is 12.4 Å². The van der Waals surface area contributed by atoms with Crippen molar-refractivity contribution in [2.24, 2.45) is 5.10 Å². The zero-order valence-electron chi connectivity index (χ0n) is 15.4. The van der Waals surface area contributed by atoms with Gasteiger partial charge in [-0.05, 0) is 42.5 Å². The third-order valence-corrected chi connectivity index (χ3v) is 4.10. The summed E-state index contributed by atoms with van der Waals surface area (Å²) in [6.07, 6.45) is 6.91. The van der Waals surface area contributed by atoms with Crippen molar-refractivity contribution in [2.45, 2.75) is 0 Å². The first-order chi connectivity index (χ1) is 13.7. The molecule has 28 heavy (non-hydrogen) atoms. The number of methoxy groups -OCH3 is 2. The molecule has 0 unspecified atom stereocenters. The summed E-state index contributed by atoms with van der Waals surface area (Å²) in [6, 6.07) is 12.9. The Bertz CT molecular complexity index is 1100. The molecule has 2 aromatic carbocycles. The van der Waals surface area contributed by atoms with Gasteiger partial charge < -0.3 is 14.2 Å². The zero-order valence-corrected chi connectivity index (χ0v) is 16.2. The summed E-state index contributed by atoms with van der Waals surface area (Å²) in [5.74, 6) is 4.81. The standard InChI is InChI=1S/C20H18N4O3S/c1-4-11-27-16-8-6-5-7-15(16)13-21-24-19(22-23-20(24)28)14-9-10-17(25-2)18(12-14)26-3/h1,5-10,12-13H,11H2,2-3H3,(H,23,28)/b21-13-. The highest BCUT2D eigenvalue weighted by Gasteiger charge is 2.12. The van der Waals surface area contributed by atoms with E-state index in [1.807, 2.05) is 30.3 Å². The molecule has 3 rings (SSSR count). The van der Waals surface area contributed by atoms with E-state index in [0.29, 0.717) is 27.8 Å². The molecule has 0 fully saturated rings. The summed E-state index contributed by atoms with van der Waals surface area (Å²) in [7, 11) is 3.15. The molecule has 0 spiro atoms. The highest BCUT2D eigenvalue weighted by atomic mass is 32.1. The lowest BCUT2D eigenvalue weighted by Gasteiger charge is -2.09. The molecule has 8 heteroatoms. The average molecular weight is 394 g/mol. The first-order valence-corrected chi connectivity index (χ1v) is 8.68. The normalized spacial score (nSPS) is 10.6. The number of hydrogen-bond acceptors (Lipinski definition) is 6. The van der Waals surface area contributed by atoms with E-state index in [-0.39, 0.29) is 6.61 Å². The lowest BCUT2D eigenvalue weighted by Crippen LogP contribution is -1.99. The number of nitrogens with one attached hydrogen (secondary N) is 1. The van der Waals surface area contributed by atoms with E-state index in [1.54, 1.807) is 32.6 Å². The smallest absolute Gasteiger partial charge is 0.216 e. The van der Waals surface area contributed by atoms with Crippen molar-refractivity contribution in [3.63, 3.8) is 0 Å². The topological polar surface area (TPSA) is 73.7 Å². The monoisotopic (exact) mass is 394 g/mol. The van der Waals surface area contributed by atoms with Crippen LogP contribution in [0.1, 0.15) is 5.56 Å². The first kappa shape index (κ1) is 19.2. The van der Waals surface area contributed by atoms with Gasteiger partial charge in [-0.1, -0.05) is 18.1 Å². The third-order valence-electron chi connectivity index (χ3n) is 3.83. The Balaban J connectivity index is 1.98. The van der Waals surface area contributed by atoms with Crippen LogP contribution in [0.5, 0.6) is 17.2 Å². The van der Waals surface area contributed by atoms with Gasteiger partial charge >= 0.3 is 0 Å². The molecule has 0 aliphatic rings. The molecule has 0 radical (unpaired) electrons. The largest absolute Gasteiger partial charge is 0.493 e. The minimum Gasteiger partial charge on any atom is -0.493 e. The molecule has 0 aliphatic heterocycles. The first-order valence-electron chi connectivity index (χ1n) is 8.27. The van der Waals surface area contributed by atoms with Crippen LogP contribution in [0.4, 0.5) is 0 Å². The summed E-state index contributed by atoms with van der Waals surface area (Å²) < 4.78 is 18.0. The van der Waals surface area contributed by atoms with Gasteiger partial charge in [-0.25, -0.2) is 5.10 Å². The van der Waals surface area contributed by atoms with E-state index < -0.39 is 0 Å². The highest BCUT2D eigenvalue weighted by molar-refractivity contribution is 7.71. The zero-order chi connectivity index (χ0) is 19.9. The second kappa shape index (κ2) is 8.88. The van der Waals surface area contributed by atoms with Crippen LogP contribution in [0.25, 0.3) is 11.4 Å². The number of H-pyrrole nitrogens is 1. The maximum absolute atomic E-state index is 5.54. The van der Waals surface area contributed by atoms with Gasteiger partial charge in [0.2, 0.25) is 4.77 Å². The fourth-order valence-electron chi connectivity index (χ4n) is 2.52. The number of para-hydroxylation sites is 1. The van der Waals surface area contributed by atoms with Crippen LogP contribution < -0.4 is 14.2 Å². The Labute approximate surface area is 167 Å². The van der Waals surface area contributed by atoms with E-state index in [2.05, 4.69) is 21.2 Å². The van der Waals surface area contributed by atoms with E-state index in [1.165, 1.54) is 4.68 Å². The molecule has 1 N–H and O–H groups in total. The second-order valence-electron chi connectivity index (χ2n) is 5.51. The minimum atomic E-state index is 0.173. The molecular formula is C20H18N4O3S. The summed E-state index contributed by atoms with van der Waals surface area (Å²) >= 11 is 5.32. The van der Waals surface area contributed by atoms with Crippen LogP contribution in [0.15, 0.2) is 47.6 Å². The molecule has 3 aromatic rings. The van der Waals surface area contributed by atoms with E-state index in [0.717, 1.165) is 11.1 Å². The van der Waals surface area contributed by atoms with Crippen molar-refractivity contribution in [3.05, 3.63) is 52.8 Å². The number of ether oxygens (including phenoxy) is 3. The Morgan fingerprint density at radius 1 is 1.18 bits per heavy atom. The van der Waals surface area contributed by atoms with E-state index in [4.69, 9.17) is 32.9 Å². The summed E-state index contributed by atoms with van der Waals surface area (Å²) in [4.78, 5) is 0. The Morgan fingerprint density at radius 3 is 2.71 bits per heavy atom. The van der Waals surface area contributed by atoms with E-state index in [9.17, 15) is 0 Å². The van der Waals surface area contributed by atoms with Gasteiger partial charge in [0.15, 0.2) is 17.3 Å². The Morgan fingerprint density at radius 2 is 1.96 bits per heavy atom. The molecule has 1 aromatic heterocycles. The highest BCUT2D eigenvalue weighted by Crippen LogP contribution is 2.31. The molecule has 0 atom stereocenters. The number of nitrogens with zero attached hydrogens (tertiary/aromatic N) is 3. The second-order valence-corrected chi connectivity index (χ2v) is 5.90. The lowest BCUT2D eigenvalue weighted by molar-refractivity contribution is 0.355. The molecule has 0 saturated heterocycles. The number of aromatic amines is 1. The van der Waals surface area contributed by atoms with Crippen molar-refractivity contribution in [2.75, 3.05) is 20.8 Å². The Kier molecular flexibility index (Phi) is 6.09. The number of hydrogen-bond donors (Lipinski definition) is 1. The predicted molar refractivity (Wildman–Crippen MR) is 110 cm³/mol. The molecule has 0 aliphatic carbocycles. The van der Waals surface area contributed by atoms with Gasteiger partial charge in [0.25, 0.3) is 0 Å². The van der Waals surface area contributed by atoms with Gasteiger partial charge in [0.05, 0.1) is 20.4 Å². The van der Waals surface area contributed by atoms with Crippen LogP contribution in [0.3, 0.4) is 0 Å². The number of aromatic nitrogens is 3. The van der Waals surface area contributed by atoms with Crippen LogP contribution in [-0.4, -0.2) is 41.9 Å². The minimum absolute atomic E-state index is 0.173. The lowest BCUT2D eigenvalue weighted by atomic mass is 10.2. The summed E-state index contributed by atoms with van der Waals surface area (Å²) in [5.41, 5.74) is 1.53. The van der Waals surface area contributed by atoms with Crippen LogP contribution in [0, 0.1) is 17.1 Å². The quantitative estimate of drug-likeness (QED) is 0.377. The van der Waals surface area contributed by atoms with Gasteiger partial charge in [-0.15, -0.1) is 6.42 Å². The molecular weight excluding hydrogens is 376 g/mol. The fourth-order valence-corrected chi connectivity index (χ4v) is 2.70. The van der Waals surface area contributed by atoms with Crippen molar-refractivity contribution >= 4 is 18.4 Å². The van der Waals surface area contributed by atoms with Gasteiger partial charge in [0, 0.05) is 11.1 Å². The number of terminal acetylenes is 1.